The van der Waals surface area contributed by atoms with Crippen LogP contribution in [0.15, 0.2) is 30.3 Å². The molecule has 0 radical (unpaired) electrons. The monoisotopic (exact) mass is 369 g/mol. The molecule has 6 nitrogen and oxygen atoms in total. The SMILES string of the molecule is CC(C)c1cc(C(=O)N2CCN(c3nc4ccccc4s3)CC2)n(C)n1. The number of aryl methyl sites for hydroxylation is 1. The van der Waals surface area contributed by atoms with E-state index < -0.39 is 0 Å². The number of fused-ring (bicyclic) bond motifs is 1. The molecule has 3 heterocycles. The first-order chi connectivity index (χ1) is 12.5. The smallest absolute Gasteiger partial charge is 0.272 e. The van der Waals surface area contributed by atoms with Crippen LogP contribution in [0.4, 0.5) is 5.13 Å². The lowest BCUT2D eigenvalue weighted by molar-refractivity contribution is 0.0735. The van der Waals surface area contributed by atoms with Crippen LogP contribution in [0.2, 0.25) is 0 Å². The van der Waals surface area contributed by atoms with Crippen molar-refractivity contribution in [2.75, 3.05) is 31.1 Å². The fraction of sp³-hybridized carbons (Fsp3) is 0.421. The van der Waals surface area contributed by atoms with Crippen LogP contribution < -0.4 is 4.90 Å². The van der Waals surface area contributed by atoms with E-state index in [4.69, 9.17) is 4.98 Å². The van der Waals surface area contributed by atoms with Gasteiger partial charge in [0.15, 0.2) is 5.13 Å². The van der Waals surface area contributed by atoms with E-state index in [0.717, 1.165) is 29.4 Å². The first kappa shape index (κ1) is 17.0. The van der Waals surface area contributed by atoms with Crippen LogP contribution in [0, 0.1) is 0 Å². The van der Waals surface area contributed by atoms with E-state index in [9.17, 15) is 4.79 Å². The molecule has 7 heteroatoms. The average Bonchev–Trinajstić information content (AvgIpc) is 3.25. The highest BCUT2D eigenvalue weighted by atomic mass is 32.1. The summed E-state index contributed by atoms with van der Waals surface area (Å²) in [6.45, 7) is 7.20. The van der Waals surface area contributed by atoms with E-state index in [2.05, 4.69) is 29.9 Å². The minimum Gasteiger partial charge on any atom is -0.345 e. The second-order valence-corrected chi connectivity index (χ2v) is 7.99. The van der Waals surface area contributed by atoms with Gasteiger partial charge in [-0.3, -0.25) is 9.48 Å². The minimum atomic E-state index is 0.0656. The molecule has 26 heavy (non-hydrogen) atoms. The van der Waals surface area contributed by atoms with Crippen molar-refractivity contribution in [3.63, 3.8) is 0 Å². The summed E-state index contributed by atoms with van der Waals surface area (Å²) in [6, 6.07) is 10.1. The minimum absolute atomic E-state index is 0.0656. The molecular weight excluding hydrogens is 346 g/mol. The Bertz CT molecular complexity index is 903. The molecule has 1 saturated heterocycles. The number of para-hydroxylation sites is 1. The molecule has 0 spiro atoms. The quantitative estimate of drug-likeness (QED) is 0.712. The van der Waals surface area contributed by atoms with Crippen molar-refractivity contribution in [1.29, 1.82) is 0 Å². The van der Waals surface area contributed by atoms with Gasteiger partial charge in [0.1, 0.15) is 5.69 Å². The van der Waals surface area contributed by atoms with Gasteiger partial charge in [-0.1, -0.05) is 37.3 Å². The summed E-state index contributed by atoms with van der Waals surface area (Å²) in [5.41, 5.74) is 2.67. The number of hydrogen-bond donors (Lipinski definition) is 0. The number of carbonyl (C=O) groups is 1. The molecule has 1 aliphatic heterocycles. The maximum atomic E-state index is 12.9. The summed E-state index contributed by atoms with van der Waals surface area (Å²) in [5.74, 6) is 0.384. The number of piperazine rings is 1. The Hall–Kier alpha value is -2.41. The van der Waals surface area contributed by atoms with Crippen molar-refractivity contribution in [1.82, 2.24) is 19.7 Å². The lowest BCUT2D eigenvalue weighted by Crippen LogP contribution is -2.49. The van der Waals surface area contributed by atoms with Crippen molar-refractivity contribution in [3.05, 3.63) is 41.7 Å². The Balaban J connectivity index is 1.45. The Morgan fingerprint density at radius 2 is 1.88 bits per heavy atom. The lowest BCUT2D eigenvalue weighted by atomic mass is 10.1. The van der Waals surface area contributed by atoms with Crippen LogP contribution in [0.1, 0.15) is 35.9 Å². The fourth-order valence-corrected chi connectivity index (χ4v) is 4.25. The Kier molecular flexibility index (Phi) is 4.40. The maximum Gasteiger partial charge on any atom is 0.272 e. The second-order valence-electron chi connectivity index (χ2n) is 6.98. The topological polar surface area (TPSA) is 54.3 Å². The van der Waals surface area contributed by atoms with Gasteiger partial charge >= 0.3 is 0 Å². The number of benzene rings is 1. The summed E-state index contributed by atoms with van der Waals surface area (Å²) in [6.07, 6.45) is 0. The van der Waals surface area contributed by atoms with Gasteiger partial charge in [0.05, 0.1) is 15.9 Å². The van der Waals surface area contributed by atoms with E-state index in [-0.39, 0.29) is 5.91 Å². The van der Waals surface area contributed by atoms with Gasteiger partial charge in [0.2, 0.25) is 0 Å². The van der Waals surface area contributed by atoms with Gasteiger partial charge in [-0.05, 0) is 24.1 Å². The van der Waals surface area contributed by atoms with Gasteiger partial charge in [-0.15, -0.1) is 0 Å². The lowest BCUT2D eigenvalue weighted by Gasteiger charge is -2.34. The van der Waals surface area contributed by atoms with E-state index in [1.807, 2.05) is 36.2 Å². The van der Waals surface area contributed by atoms with Gasteiger partial charge in [0.25, 0.3) is 5.91 Å². The average molecular weight is 369 g/mol. The fourth-order valence-electron chi connectivity index (χ4n) is 3.23. The van der Waals surface area contributed by atoms with Crippen molar-refractivity contribution >= 4 is 32.6 Å². The highest BCUT2D eigenvalue weighted by molar-refractivity contribution is 7.22. The third-order valence-electron chi connectivity index (χ3n) is 4.83. The van der Waals surface area contributed by atoms with Crippen molar-refractivity contribution in [3.8, 4) is 0 Å². The molecule has 3 aromatic rings. The van der Waals surface area contributed by atoms with Crippen molar-refractivity contribution in [2.24, 2.45) is 7.05 Å². The first-order valence-corrected chi connectivity index (χ1v) is 9.78. The van der Waals surface area contributed by atoms with Gasteiger partial charge in [-0.2, -0.15) is 5.10 Å². The normalized spacial score (nSPS) is 15.2. The predicted octanol–water partition coefficient (Wildman–Crippen LogP) is 3.12. The molecule has 0 saturated carbocycles. The third kappa shape index (κ3) is 3.07. The van der Waals surface area contributed by atoms with Crippen LogP contribution in [-0.4, -0.2) is 51.8 Å². The van der Waals surface area contributed by atoms with Crippen LogP contribution >= 0.6 is 11.3 Å². The largest absolute Gasteiger partial charge is 0.345 e. The molecule has 1 fully saturated rings. The number of hydrogen-bond acceptors (Lipinski definition) is 5. The number of thiazole rings is 1. The number of nitrogens with zero attached hydrogens (tertiary/aromatic N) is 5. The zero-order valence-electron chi connectivity index (χ0n) is 15.3. The number of amides is 1. The predicted molar refractivity (Wildman–Crippen MR) is 105 cm³/mol. The summed E-state index contributed by atoms with van der Waals surface area (Å²) < 4.78 is 2.91. The number of carbonyl (C=O) groups excluding carboxylic acids is 1. The Labute approximate surface area is 157 Å². The van der Waals surface area contributed by atoms with E-state index in [1.54, 1.807) is 16.0 Å². The third-order valence-corrected chi connectivity index (χ3v) is 5.93. The number of rotatable bonds is 3. The Morgan fingerprint density at radius 1 is 1.15 bits per heavy atom. The zero-order valence-corrected chi connectivity index (χ0v) is 16.2. The molecule has 1 aromatic carbocycles. The van der Waals surface area contributed by atoms with Crippen LogP contribution in [0.25, 0.3) is 10.2 Å². The summed E-state index contributed by atoms with van der Waals surface area (Å²) in [4.78, 5) is 21.8. The summed E-state index contributed by atoms with van der Waals surface area (Å²) in [7, 11) is 1.84. The highest BCUT2D eigenvalue weighted by Crippen LogP contribution is 2.29. The van der Waals surface area contributed by atoms with Crippen LogP contribution in [0.3, 0.4) is 0 Å². The molecule has 4 rings (SSSR count). The molecular formula is C19H23N5OS. The number of aromatic nitrogens is 3. The van der Waals surface area contributed by atoms with Crippen molar-refractivity contribution < 1.29 is 4.79 Å². The molecule has 0 N–H and O–H groups in total. The molecule has 136 valence electrons. The van der Waals surface area contributed by atoms with Crippen LogP contribution in [-0.2, 0) is 7.05 Å². The summed E-state index contributed by atoms with van der Waals surface area (Å²) in [5, 5.41) is 5.51. The Morgan fingerprint density at radius 3 is 2.54 bits per heavy atom. The van der Waals surface area contributed by atoms with E-state index >= 15 is 0 Å². The van der Waals surface area contributed by atoms with Crippen LogP contribution in [0.5, 0.6) is 0 Å². The van der Waals surface area contributed by atoms with Gasteiger partial charge in [-0.25, -0.2) is 4.98 Å². The van der Waals surface area contributed by atoms with Crippen molar-refractivity contribution in [2.45, 2.75) is 19.8 Å². The highest BCUT2D eigenvalue weighted by Gasteiger charge is 2.26. The molecule has 0 aliphatic carbocycles. The maximum absolute atomic E-state index is 12.9. The molecule has 0 atom stereocenters. The molecule has 0 bridgehead atoms. The molecule has 2 aromatic heterocycles. The van der Waals surface area contributed by atoms with Gasteiger partial charge < -0.3 is 9.80 Å². The zero-order chi connectivity index (χ0) is 18.3. The molecule has 1 amide bonds. The molecule has 0 unspecified atom stereocenters. The second kappa shape index (κ2) is 6.72. The summed E-state index contributed by atoms with van der Waals surface area (Å²) >= 11 is 1.72. The molecule has 1 aliphatic rings. The first-order valence-electron chi connectivity index (χ1n) is 8.96. The van der Waals surface area contributed by atoms with E-state index in [1.165, 1.54) is 4.70 Å². The van der Waals surface area contributed by atoms with E-state index in [0.29, 0.717) is 24.7 Å². The van der Waals surface area contributed by atoms with Gasteiger partial charge in [0, 0.05) is 33.2 Å². The standard InChI is InChI=1S/C19H23N5OS/c1-13(2)15-12-16(22(3)21-15)18(25)23-8-10-24(11-9-23)19-20-14-6-4-5-7-17(14)26-19/h4-7,12-13H,8-11H2,1-3H3. The number of anilines is 1.